The SMILES string of the molecule is O=C(O)CNC(=O)CNC(=O)CN1C(=O)CSC=C1c1ccccc1. The van der Waals surface area contributed by atoms with Crippen molar-refractivity contribution in [3.63, 3.8) is 0 Å². The molecule has 0 atom stereocenters. The van der Waals surface area contributed by atoms with Crippen molar-refractivity contribution in [2.45, 2.75) is 0 Å². The molecule has 0 bridgehead atoms. The summed E-state index contributed by atoms with van der Waals surface area (Å²) in [6.07, 6.45) is 0. The Morgan fingerprint density at radius 3 is 2.44 bits per heavy atom. The fraction of sp³-hybridized carbons (Fsp3) is 0.250. The van der Waals surface area contributed by atoms with Crippen molar-refractivity contribution in [3.8, 4) is 0 Å². The molecule has 0 unspecified atom stereocenters. The molecule has 3 amide bonds. The number of carbonyl (C=O) groups excluding carboxylic acids is 3. The van der Waals surface area contributed by atoms with Gasteiger partial charge in [-0.1, -0.05) is 30.3 Å². The number of carbonyl (C=O) groups is 4. The second kappa shape index (κ2) is 8.88. The summed E-state index contributed by atoms with van der Waals surface area (Å²) in [4.78, 5) is 47.3. The van der Waals surface area contributed by atoms with Gasteiger partial charge in [-0.15, -0.1) is 11.8 Å². The number of hydrogen-bond acceptors (Lipinski definition) is 5. The van der Waals surface area contributed by atoms with Crippen LogP contribution < -0.4 is 10.6 Å². The van der Waals surface area contributed by atoms with Crippen LogP contribution in [0.4, 0.5) is 0 Å². The summed E-state index contributed by atoms with van der Waals surface area (Å²) >= 11 is 1.36. The standard InChI is InChI=1S/C16H17N3O5S/c20-13(18-7-16(23)24)6-17-14(21)8-19-12(9-25-10-15(19)22)11-4-2-1-3-5-11/h1-5,9H,6-8,10H2,(H,17,21)(H,18,20)(H,23,24). The molecule has 1 aliphatic heterocycles. The zero-order valence-electron chi connectivity index (χ0n) is 13.2. The van der Waals surface area contributed by atoms with Gasteiger partial charge in [-0.3, -0.25) is 19.2 Å². The topological polar surface area (TPSA) is 116 Å². The van der Waals surface area contributed by atoms with E-state index in [1.807, 2.05) is 35.7 Å². The van der Waals surface area contributed by atoms with E-state index < -0.39 is 24.3 Å². The molecule has 1 aromatic carbocycles. The first kappa shape index (κ1) is 18.5. The Hall–Kier alpha value is -2.81. The van der Waals surface area contributed by atoms with Crippen LogP contribution in [0.15, 0.2) is 35.7 Å². The average molecular weight is 363 g/mol. The lowest BCUT2D eigenvalue weighted by Gasteiger charge is -2.28. The minimum Gasteiger partial charge on any atom is -0.480 e. The number of hydrogen-bond donors (Lipinski definition) is 3. The van der Waals surface area contributed by atoms with E-state index in [2.05, 4.69) is 10.6 Å². The van der Waals surface area contributed by atoms with Crippen molar-refractivity contribution in [2.24, 2.45) is 0 Å². The molecule has 1 aliphatic rings. The number of nitrogens with one attached hydrogen (secondary N) is 2. The van der Waals surface area contributed by atoms with E-state index in [4.69, 9.17) is 5.11 Å². The minimum absolute atomic E-state index is 0.197. The normalized spacial score (nSPS) is 13.8. The summed E-state index contributed by atoms with van der Waals surface area (Å²) in [5, 5.41) is 14.8. The summed E-state index contributed by atoms with van der Waals surface area (Å²) in [5.74, 6) is -2.25. The Balaban J connectivity index is 1.94. The van der Waals surface area contributed by atoms with Gasteiger partial charge < -0.3 is 20.6 Å². The first-order chi connectivity index (χ1) is 12.0. The summed E-state index contributed by atoms with van der Waals surface area (Å²) in [6.45, 7) is -1.09. The third-order valence-electron chi connectivity index (χ3n) is 3.25. The Morgan fingerprint density at radius 2 is 1.76 bits per heavy atom. The van der Waals surface area contributed by atoms with Crippen molar-refractivity contribution in [1.29, 1.82) is 0 Å². The average Bonchev–Trinajstić information content (AvgIpc) is 2.60. The molecule has 132 valence electrons. The molecule has 0 saturated heterocycles. The van der Waals surface area contributed by atoms with Crippen LogP contribution >= 0.6 is 11.8 Å². The maximum atomic E-state index is 12.2. The molecule has 3 N–H and O–H groups in total. The highest BCUT2D eigenvalue weighted by Gasteiger charge is 2.25. The molecule has 2 rings (SSSR count). The Kier molecular flexibility index (Phi) is 6.58. The van der Waals surface area contributed by atoms with Gasteiger partial charge in [0.1, 0.15) is 13.1 Å². The van der Waals surface area contributed by atoms with Crippen LogP contribution in [0.1, 0.15) is 5.56 Å². The largest absolute Gasteiger partial charge is 0.480 e. The third-order valence-corrected chi connectivity index (χ3v) is 4.05. The molecule has 25 heavy (non-hydrogen) atoms. The maximum absolute atomic E-state index is 12.2. The minimum atomic E-state index is -1.17. The van der Waals surface area contributed by atoms with Gasteiger partial charge in [-0.05, 0) is 11.0 Å². The summed E-state index contributed by atoms with van der Waals surface area (Å²) in [5.41, 5.74) is 1.45. The van der Waals surface area contributed by atoms with Gasteiger partial charge in [-0.2, -0.15) is 0 Å². The lowest BCUT2D eigenvalue weighted by Crippen LogP contribution is -2.45. The fourth-order valence-electron chi connectivity index (χ4n) is 2.09. The second-order valence-corrected chi connectivity index (χ2v) is 5.96. The molecule has 0 radical (unpaired) electrons. The van der Waals surface area contributed by atoms with E-state index in [1.54, 1.807) is 0 Å². The zero-order chi connectivity index (χ0) is 18.2. The van der Waals surface area contributed by atoms with Crippen LogP contribution in [0, 0.1) is 0 Å². The van der Waals surface area contributed by atoms with E-state index in [1.165, 1.54) is 16.7 Å². The zero-order valence-corrected chi connectivity index (χ0v) is 14.0. The number of amides is 3. The van der Waals surface area contributed by atoms with E-state index in [0.717, 1.165) is 5.56 Å². The smallest absolute Gasteiger partial charge is 0.322 e. The van der Waals surface area contributed by atoms with Crippen LogP contribution in [-0.4, -0.2) is 59.1 Å². The molecule has 0 spiro atoms. The quantitative estimate of drug-likeness (QED) is 0.622. The lowest BCUT2D eigenvalue weighted by molar-refractivity contribution is -0.138. The summed E-state index contributed by atoms with van der Waals surface area (Å²) in [7, 11) is 0. The molecule has 0 saturated carbocycles. The first-order valence-corrected chi connectivity index (χ1v) is 8.45. The van der Waals surface area contributed by atoms with Gasteiger partial charge >= 0.3 is 5.97 Å². The van der Waals surface area contributed by atoms with Gasteiger partial charge in [0, 0.05) is 0 Å². The Morgan fingerprint density at radius 1 is 1.08 bits per heavy atom. The first-order valence-electron chi connectivity index (χ1n) is 7.40. The van der Waals surface area contributed by atoms with E-state index in [0.29, 0.717) is 5.70 Å². The molecule has 1 heterocycles. The van der Waals surface area contributed by atoms with Crippen molar-refractivity contribution in [3.05, 3.63) is 41.3 Å². The molecular weight excluding hydrogens is 346 g/mol. The van der Waals surface area contributed by atoms with Gasteiger partial charge in [0.15, 0.2) is 0 Å². The number of nitrogens with zero attached hydrogens (tertiary/aromatic N) is 1. The van der Waals surface area contributed by atoms with Crippen LogP contribution in [0.5, 0.6) is 0 Å². The molecule has 0 aromatic heterocycles. The Labute approximate surface area is 148 Å². The van der Waals surface area contributed by atoms with Crippen LogP contribution in [-0.2, 0) is 19.2 Å². The van der Waals surface area contributed by atoms with Crippen molar-refractivity contribution in [1.82, 2.24) is 15.5 Å². The van der Waals surface area contributed by atoms with E-state index in [-0.39, 0.29) is 24.7 Å². The number of carboxylic acid groups (broad SMARTS) is 1. The number of carboxylic acids is 1. The molecule has 8 nitrogen and oxygen atoms in total. The molecule has 9 heteroatoms. The predicted molar refractivity (Wildman–Crippen MR) is 92.2 cm³/mol. The molecule has 1 aromatic rings. The van der Waals surface area contributed by atoms with Crippen LogP contribution in [0.3, 0.4) is 0 Å². The molecule has 0 aliphatic carbocycles. The second-order valence-electron chi connectivity index (χ2n) is 5.11. The fourth-order valence-corrected chi connectivity index (χ4v) is 2.89. The number of thioether (sulfide) groups is 1. The highest BCUT2D eigenvalue weighted by Crippen LogP contribution is 2.27. The van der Waals surface area contributed by atoms with Gasteiger partial charge in [0.25, 0.3) is 0 Å². The molecular formula is C16H17N3O5S. The highest BCUT2D eigenvalue weighted by atomic mass is 32.2. The van der Waals surface area contributed by atoms with Crippen molar-refractivity contribution < 1.29 is 24.3 Å². The van der Waals surface area contributed by atoms with Gasteiger partial charge in [0.2, 0.25) is 17.7 Å². The summed E-state index contributed by atoms with van der Waals surface area (Å²) in [6, 6.07) is 9.22. The van der Waals surface area contributed by atoms with Crippen LogP contribution in [0.2, 0.25) is 0 Å². The third kappa shape index (κ3) is 5.64. The maximum Gasteiger partial charge on any atom is 0.322 e. The predicted octanol–water partition coefficient (Wildman–Crippen LogP) is -0.123. The Bertz CT molecular complexity index is 705. The van der Waals surface area contributed by atoms with Crippen molar-refractivity contribution in [2.75, 3.05) is 25.4 Å². The van der Waals surface area contributed by atoms with Gasteiger partial charge in [0.05, 0.1) is 18.0 Å². The monoisotopic (exact) mass is 363 g/mol. The number of benzene rings is 1. The van der Waals surface area contributed by atoms with Crippen molar-refractivity contribution >= 4 is 41.1 Å². The lowest BCUT2D eigenvalue weighted by atomic mass is 10.1. The number of aliphatic carboxylic acids is 1. The van der Waals surface area contributed by atoms with Crippen LogP contribution in [0.25, 0.3) is 5.70 Å². The summed E-state index contributed by atoms with van der Waals surface area (Å²) < 4.78 is 0. The number of rotatable bonds is 7. The molecule has 0 fully saturated rings. The van der Waals surface area contributed by atoms with Gasteiger partial charge in [-0.25, -0.2) is 0 Å². The highest BCUT2D eigenvalue weighted by molar-refractivity contribution is 8.03. The van der Waals surface area contributed by atoms with E-state index >= 15 is 0 Å². The van der Waals surface area contributed by atoms with E-state index in [9.17, 15) is 19.2 Å².